The quantitative estimate of drug-likeness (QED) is 0.682. The van der Waals surface area contributed by atoms with Gasteiger partial charge in [0.05, 0.1) is 17.8 Å². The minimum Gasteiger partial charge on any atom is -0.368 e. The Morgan fingerprint density at radius 1 is 0.931 bits per heavy atom. The number of carbonyl (C=O) groups is 1. The lowest BCUT2D eigenvalue weighted by molar-refractivity contribution is -0.130. The lowest BCUT2D eigenvalue weighted by atomic mass is 10.1. The number of aromatic nitrogens is 2. The molecule has 29 heavy (non-hydrogen) atoms. The van der Waals surface area contributed by atoms with Crippen LogP contribution in [0.15, 0.2) is 54.6 Å². The van der Waals surface area contributed by atoms with E-state index in [2.05, 4.69) is 10.00 Å². The largest absolute Gasteiger partial charge is 0.368 e. The number of para-hydroxylation sites is 1. The highest BCUT2D eigenvalue weighted by Gasteiger charge is 2.24. The molecule has 1 aromatic heterocycles. The number of piperazine rings is 1. The lowest BCUT2D eigenvalue weighted by Gasteiger charge is -2.36. The van der Waals surface area contributed by atoms with Gasteiger partial charge >= 0.3 is 0 Å². The summed E-state index contributed by atoms with van der Waals surface area (Å²) in [5.41, 5.74) is 4.89. The molecule has 4 rings (SSSR count). The molecule has 1 saturated heterocycles. The molecule has 3 aromatic rings. The number of rotatable bonds is 4. The number of benzene rings is 2. The Balaban J connectivity index is 1.42. The van der Waals surface area contributed by atoms with Gasteiger partial charge in [-0.25, -0.2) is 9.07 Å². The molecule has 0 N–H and O–H groups in total. The summed E-state index contributed by atoms with van der Waals surface area (Å²) < 4.78 is 15.0. The average Bonchev–Trinajstić information content (AvgIpc) is 3.03. The highest BCUT2D eigenvalue weighted by Crippen LogP contribution is 2.21. The van der Waals surface area contributed by atoms with E-state index in [-0.39, 0.29) is 11.7 Å². The summed E-state index contributed by atoms with van der Waals surface area (Å²) in [5, 5.41) is 4.64. The fourth-order valence-electron chi connectivity index (χ4n) is 3.88. The number of amides is 1. The van der Waals surface area contributed by atoms with Crippen molar-refractivity contribution in [1.82, 2.24) is 14.7 Å². The predicted molar refractivity (Wildman–Crippen MR) is 112 cm³/mol. The van der Waals surface area contributed by atoms with E-state index in [0.717, 1.165) is 41.4 Å². The van der Waals surface area contributed by atoms with Crippen LogP contribution in [0, 0.1) is 19.7 Å². The van der Waals surface area contributed by atoms with E-state index in [1.807, 2.05) is 53.8 Å². The third-order valence-electron chi connectivity index (χ3n) is 5.59. The molecule has 0 unspecified atom stereocenters. The average molecular weight is 392 g/mol. The molecule has 0 atom stereocenters. The maximum atomic E-state index is 13.1. The van der Waals surface area contributed by atoms with Crippen LogP contribution in [-0.4, -0.2) is 46.8 Å². The van der Waals surface area contributed by atoms with Crippen molar-refractivity contribution in [3.8, 4) is 5.69 Å². The first-order valence-corrected chi connectivity index (χ1v) is 9.92. The summed E-state index contributed by atoms with van der Waals surface area (Å²) in [6.45, 7) is 6.81. The third kappa shape index (κ3) is 4.01. The fraction of sp³-hybridized carbons (Fsp3) is 0.304. The monoisotopic (exact) mass is 392 g/mol. The van der Waals surface area contributed by atoms with Gasteiger partial charge in [-0.2, -0.15) is 5.10 Å². The third-order valence-corrected chi connectivity index (χ3v) is 5.59. The molecule has 1 aliphatic heterocycles. The molecule has 1 amide bonds. The second kappa shape index (κ2) is 8.07. The molecule has 1 aliphatic rings. The van der Waals surface area contributed by atoms with Gasteiger partial charge in [-0.05, 0) is 50.2 Å². The zero-order valence-electron chi connectivity index (χ0n) is 16.8. The summed E-state index contributed by atoms with van der Waals surface area (Å²) in [6.07, 6.45) is 0.362. The van der Waals surface area contributed by atoms with Crippen molar-refractivity contribution in [2.75, 3.05) is 31.1 Å². The SMILES string of the molecule is Cc1nn(-c2ccccc2)c(C)c1CC(=O)N1CCN(c2ccc(F)cc2)CC1. The Bertz CT molecular complexity index is 990. The molecule has 0 aliphatic carbocycles. The number of hydrogen-bond donors (Lipinski definition) is 0. The lowest BCUT2D eigenvalue weighted by Crippen LogP contribution is -2.49. The fourth-order valence-corrected chi connectivity index (χ4v) is 3.88. The molecule has 0 saturated carbocycles. The minimum atomic E-state index is -0.232. The standard InChI is InChI=1S/C23H25FN4O/c1-17-22(18(2)28(25-17)21-6-4-3-5-7-21)16-23(29)27-14-12-26(13-15-27)20-10-8-19(24)9-11-20/h3-11H,12-16H2,1-2H3. The molecule has 0 bridgehead atoms. The van der Waals surface area contributed by atoms with Crippen LogP contribution in [0.3, 0.4) is 0 Å². The van der Waals surface area contributed by atoms with Crippen LogP contribution in [0.25, 0.3) is 5.69 Å². The molecular formula is C23H25FN4O. The zero-order valence-corrected chi connectivity index (χ0v) is 16.8. The first kappa shape index (κ1) is 19.2. The molecule has 0 spiro atoms. The van der Waals surface area contributed by atoms with Gasteiger partial charge < -0.3 is 9.80 Å². The van der Waals surface area contributed by atoms with Crippen molar-refractivity contribution in [1.29, 1.82) is 0 Å². The van der Waals surface area contributed by atoms with Crippen molar-refractivity contribution in [2.24, 2.45) is 0 Å². The van der Waals surface area contributed by atoms with Crippen LogP contribution in [0.2, 0.25) is 0 Å². The van der Waals surface area contributed by atoms with E-state index < -0.39 is 0 Å². The van der Waals surface area contributed by atoms with E-state index in [1.165, 1.54) is 12.1 Å². The van der Waals surface area contributed by atoms with Gasteiger partial charge in [0, 0.05) is 43.1 Å². The summed E-state index contributed by atoms with van der Waals surface area (Å²) in [5.74, 6) is -0.105. The van der Waals surface area contributed by atoms with E-state index in [9.17, 15) is 9.18 Å². The summed E-state index contributed by atoms with van der Waals surface area (Å²) in [6, 6.07) is 16.5. The molecule has 2 aromatic carbocycles. The van der Waals surface area contributed by atoms with Crippen molar-refractivity contribution in [2.45, 2.75) is 20.3 Å². The Hall–Kier alpha value is -3.15. The highest BCUT2D eigenvalue weighted by atomic mass is 19.1. The van der Waals surface area contributed by atoms with Gasteiger partial charge in [-0.15, -0.1) is 0 Å². The number of halogens is 1. The van der Waals surface area contributed by atoms with Gasteiger partial charge in [-0.3, -0.25) is 4.79 Å². The minimum absolute atomic E-state index is 0.127. The first-order chi connectivity index (χ1) is 14.0. The van der Waals surface area contributed by atoms with Crippen LogP contribution < -0.4 is 4.90 Å². The maximum Gasteiger partial charge on any atom is 0.227 e. The summed E-state index contributed by atoms with van der Waals surface area (Å²) >= 11 is 0. The number of aryl methyl sites for hydroxylation is 1. The van der Waals surface area contributed by atoms with E-state index in [4.69, 9.17) is 0 Å². The Morgan fingerprint density at radius 2 is 1.59 bits per heavy atom. The second-order valence-corrected chi connectivity index (χ2v) is 7.42. The first-order valence-electron chi connectivity index (χ1n) is 9.92. The van der Waals surface area contributed by atoms with Crippen molar-refractivity contribution >= 4 is 11.6 Å². The molecule has 6 heteroatoms. The number of nitrogens with zero attached hydrogens (tertiary/aromatic N) is 4. The number of hydrogen-bond acceptors (Lipinski definition) is 3. The maximum absolute atomic E-state index is 13.1. The van der Waals surface area contributed by atoms with E-state index >= 15 is 0 Å². The van der Waals surface area contributed by atoms with Gasteiger partial charge in [0.2, 0.25) is 5.91 Å². The predicted octanol–water partition coefficient (Wildman–Crippen LogP) is 3.52. The van der Waals surface area contributed by atoms with Gasteiger partial charge in [0.25, 0.3) is 0 Å². The molecule has 150 valence electrons. The molecule has 0 radical (unpaired) electrons. The van der Waals surface area contributed by atoms with Gasteiger partial charge in [0.15, 0.2) is 0 Å². The van der Waals surface area contributed by atoms with Crippen LogP contribution in [0.5, 0.6) is 0 Å². The van der Waals surface area contributed by atoms with Gasteiger partial charge in [0.1, 0.15) is 5.82 Å². The topological polar surface area (TPSA) is 41.4 Å². The van der Waals surface area contributed by atoms with Crippen molar-refractivity contribution in [3.63, 3.8) is 0 Å². The molecule has 1 fully saturated rings. The summed E-state index contributed by atoms with van der Waals surface area (Å²) in [4.78, 5) is 17.0. The zero-order chi connectivity index (χ0) is 20.4. The van der Waals surface area contributed by atoms with Gasteiger partial charge in [-0.1, -0.05) is 18.2 Å². The Kier molecular flexibility index (Phi) is 5.34. The van der Waals surface area contributed by atoms with Crippen LogP contribution in [0.1, 0.15) is 17.0 Å². The highest BCUT2D eigenvalue weighted by molar-refractivity contribution is 5.79. The molecular weight excluding hydrogens is 367 g/mol. The van der Waals surface area contributed by atoms with Crippen molar-refractivity contribution < 1.29 is 9.18 Å². The smallest absolute Gasteiger partial charge is 0.227 e. The van der Waals surface area contributed by atoms with E-state index in [0.29, 0.717) is 19.5 Å². The Labute approximate surface area is 170 Å². The number of carbonyl (C=O) groups excluding carboxylic acids is 1. The second-order valence-electron chi connectivity index (χ2n) is 7.42. The van der Waals surface area contributed by atoms with Crippen LogP contribution in [0.4, 0.5) is 10.1 Å². The van der Waals surface area contributed by atoms with Crippen LogP contribution in [-0.2, 0) is 11.2 Å². The summed E-state index contributed by atoms with van der Waals surface area (Å²) in [7, 11) is 0. The molecule has 5 nitrogen and oxygen atoms in total. The normalized spacial score (nSPS) is 14.3. The van der Waals surface area contributed by atoms with Crippen molar-refractivity contribution in [3.05, 3.63) is 77.4 Å². The van der Waals surface area contributed by atoms with Crippen LogP contribution >= 0.6 is 0 Å². The number of anilines is 1. The Morgan fingerprint density at radius 3 is 2.24 bits per heavy atom. The molecule has 2 heterocycles. The van der Waals surface area contributed by atoms with E-state index in [1.54, 1.807) is 12.1 Å².